The van der Waals surface area contributed by atoms with E-state index in [1.165, 1.54) is 24.6 Å². The SMILES string of the molecule is COCCC(O)C(O)C(O)(NC(=O)c1csc(NS(C)(=O)=O)n1)C(O)c1ccccc1. The van der Waals surface area contributed by atoms with Crippen LogP contribution in [0.5, 0.6) is 0 Å². The van der Waals surface area contributed by atoms with Crippen LogP contribution in [0.4, 0.5) is 5.13 Å². The smallest absolute Gasteiger partial charge is 0.273 e. The van der Waals surface area contributed by atoms with Crippen molar-refractivity contribution >= 4 is 32.4 Å². The first-order valence-electron chi connectivity index (χ1n) is 9.04. The van der Waals surface area contributed by atoms with E-state index in [9.17, 15) is 33.6 Å². The maximum atomic E-state index is 12.7. The normalized spacial score (nSPS) is 16.7. The zero-order valence-corrected chi connectivity index (χ0v) is 18.4. The van der Waals surface area contributed by atoms with Crippen LogP contribution in [0.2, 0.25) is 0 Å². The number of carbonyl (C=O) groups excluding carboxylic acids is 1. The number of ether oxygens (including phenoxy) is 1. The van der Waals surface area contributed by atoms with Crippen molar-refractivity contribution in [3.05, 3.63) is 47.0 Å². The molecule has 0 aliphatic carbocycles. The van der Waals surface area contributed by atoms with Gasteiger partial charge in [-0.05, 0) is 12.0 Å². The monoisotopic (exact) mass is 475 g/mol. The second-order valence-electron chi connectivity index (χ2n) is 6.80. The summed E-state index contributed by atoms with van der Waals surface area (Å²) in [6, 6.07) is 7.76. The first-order chi connectivity index (χ1) is 14.5. The van der Waals surface area contributed by atoms with Gasteiger partial charge in [0.25, 0.3) is 5.91 Å². The van der Waals surface area contributed by atoms with E-state index in [2.05, 4.69) is 15.0 Å². The van der Waals surface area contributed by atoms with E-state index in [1.54, 1.807) is 18.2 Å². The third kappa shape index (κ3) is 6.67. The number of hydrogen-bond acceptors (Lipinski definition) is 10. The van der Waals surface area contributed by atoms with Gasteiger partial charge in [-0.1, -0.05) is 30.3 Å². The van der Waals surface area contributed by atoms with Gasteiger partial charge < -0.3 is 30.5 Å². The minimum absolute atomic E-state index is 0.0519. The molecule has 0 bridgehead atoms. The molecule has 2 aromatic rings. The Labute approximate surface area is 183 Å². The minimum atomic E-state index is -3.62. The van der Waals surface area contributed by atoms with Crippen molar-refractivity contribution < 1.29 is 38.4 Å². The van der Waals surface area contributed by atoms with Gasteiger partial charge in [-0.2, -0.15) is 0 Å². The molecule has 1 heterocycles. The number of hydrogen-bond donors (Lipinski definition) is 6. The lowest BCUT2D eigenvalue weighted by Gasteiger charge is -2.39. The van der Waals surface area contributed by atoms with E-state index >= 15 is 0 Å². The lowest BCUT2D eigenvalue weighted by atomic mass is 9.89. The highest BCUT2D eigenvalue weighted by Crippen LogP contribution is 2.30. The molecule has 0 radical (unpaired) electrons. The van der Waals surface area contributed by atoms with Gasteiger partial charge in [0, 0.05) is 19.1 Å². The van der Waals surface area contributed by atoms with E-state index < -0.39 is 40.0 Å². The third-order valence-corrected chi connectivity index (χ3v) is 5.74. The second kappa shape index (κ2) is 10.5. The molecule has 2 rings (SSSR count). The number of aromatic nitrogens is 1. The second-order valence-corrected chi connectivity index (χ2v) is 9.41. The van der Waals surface area contributed by atoms with Crippen LogP contribution in [0.15, 0.2) is 35.7 Å². The minimum Gasteiger partial charge on any atom is -0.390 e. The lowest BCUT2D eigenvalue weighted by molar-refractivity contribution is -0.192. The number of thiazole rings is 1. The summed E-state index contributed by atoms with van der Waals surface area (Å²) in [5.74, 6) is -1.01. The van der Waals surface area contributed by atoms with Crippen LogP contribution in [0, 0.1) is 0 Å². The van der Waals surface area contributed by atoms with Gasteiger partial charge in [0.1, 0.15) is 17.9 Å². The Morgan fingerprint density at radius 3 is 2.48 bits per heavy atom. The molecule has 0 aliphatic heterocycles. The number of anilines is 1. The van der Waals surface area contributed by atoms with E-state index in [0.717, 1.165) is 17.6 Å². The van der Waals surface area contributed by atoms with Gasteiger partial charge >= 0.3 is 0 Å². The van der Waals surface area contributed by atoms with Crippen molar-refractivity contribution in [2.24, 2.45) is 0 Å². The predicted molar refractivity (Wildman–Crippen MR) is 113 cm³/mol. The van der Waals surface area contributed by atoms with Crippen molar-refractivity contribution in [2.75, 3.05) is 24.7 Å². The average molecular weight is 476 g/mol. The fourth-order valence-corrected chi connectivity index (χ4v) is 4.26. The molecular formula is C18H25N3O8S2. The molecule has 11 nitrogen and oxygen atoms in total. The van der Waals surface area contributed by atoms with Crippen LogP contribution in [0.3, 0.4) is 0 Å². The molecule has 13 heteroatoms. The number of nitrogens with zero attached hydrogens (tertiary/aromatic N) is 1. The zero-order valence-electron chi connectivity index (χ0n) is 16.8. The maximum Gasteiger partial charge on any atom is 0.273 e. The largest absolute Gasteiger partial charge is 0.390 e. The lowest BCUT2D eigenvalue weighted by Crippen LogP contribution is -2.64. The quantitative estimate of drug-likeness (QED) is 0.232. The molecule has 0 saturated heterocycles. The Bertz CT molecular complexity index is 969. The number of methoxy groups -OCH3 is 1. The topological polar surface area (TPSA) is 178 Å². The Hall–Kier alpha value is -2.13. The standard InChI is InChI=1S/C18H25N3O8S2/c1-29-9-8-13(22)15(24)18(26,14(23)11-6-4-3-5-7-11)20-16(25)12-10-30-17(19-12)21-31(2,27)28/h3-7,10,13-15,22-24,26H,8-9H2,1-2H3,(H,19,21)(H,20,25). The van der Waals surface area contributed by atoms with Crippen LogP contribution >= 0.6 is 11.3 Å². The first-order valence-corrected chi connectivity index (χ1v) is 11.8. The van der Waals surface area contributed by atoms with Crippen molar-refractivity contribution in [2.45, 2.75) is 30.5 Å². The highest BCUT2D eigenvalue weighted by Gasteiger charge is 2.48. The fraction of sp³-hybridized carbons (Fsp3) is 0.444. The zero-order chi connectivity index (χ0) is 23.2. The molecule has 1 amide bonds. The Morgan fingerprint density at radius 2 is 1.90 bits per heavy atom. The molecular weight excluding hydrogens is 450 g/mol. The molecule has 1 aromatic heterocycles. The summed E-state index contributed by atoms with van der Waals surface area (Å²) in [4.78, 5) is 16.5. The number of rotatable bonds is 11. The molecule has 172 valence electrons. The number of nitrogens with one attached hydrogen (secondary N) is 2. The van der Waals surface area contributed by atoms with Gasteiger partial charge in [0.15, 0.2) is 10.9 Å². The van der Waals surface area contributed by atoms with E-state index in [1.807, 2.05) is 0 Å². The van der Waals surface area contributed by atoms with Gasteiger partial charge in [-0.25, -0.2) is 13.4 Å². The van der Waals surface area contributed by atoms with Gasteiger partial charge in [0.05, 0.1) is 12.4 Å². The van der Waals surface area contributed by atoms with Crippen LogP contribution in [0.25, 0.3) is 0 Å². The van der Waals surface area contributed by atoms with Crippen molar-refractivity contribution in [1.29, 1.82) is 0 Å². The summed E-state index contributed by atoms with van der Waals surface area (Å²) in [6.45, 7) is 0.0519. The van der Waals surface area contributed by atoms with Crippen molar-refractivity contribution in [1.82, 2.24) is 10.3 Å². The van der Waals surface area contributed by atoms with Gasteiger partial charge in [-0.15, -0.1) is 11.3 Å². The Morgan fingerprint density at radius 1 is 1.26 bits per heavy atom. The van der Waals surface area contributed by atoms with Crippen molar-refractivity contribution in [3.8, 4) is 0 Å². The predicted octanol–water partition coefficient (Wildman–Crippen LogP) is -0.575. The Kier molecular flexibility index (Phi) is 8.48. The summed E-state index contributed by atoms with van der Waals surface area (Å²) in [6.07, 6.45) is -4.55. The highest BCUT2D eigenvalue weighted by atomic mass is 32.2. The molecule has 1 aromatic carbocycles. The summed E-state index contributed by atoms with van der Waals surface area (Å²) in [5, 5.41) is 46.0. The molecule has 6 N–H and O–H groups in total. The number of aliphatic hydroxyl groups is 4. The van der Waals surface area contributed by atoms with Gasteiger partial charge in [-0.3, -0.25) is 9.52 Å². The van der Waals surface area contributed by atoms with E-state index in [0.29, 0.717) is 0 Å². The first kappa shape index (κ1) is 25.1. The third-order valence-electron chi connectivity index (χ3n) is 4.29. The summed E-state index contributed by atoms with van der Waals surface area (Å²) >= 11 is 0.827. The van der Waals surface area contributed by atoms with E-state index in [-0.39, 0.29) is 29.4 Å². The van der Waals surface area contributed by atoms with Crippen LogP contribution in [-0.4, -0.2) is 77.6 Å². The number of carbonyl (C=O) groups is 1. The molecule has 4 unspecified atom stereocenters. The van der Waals surface area contributed by atoms with Crippen LogP contribution < -0.4 is 10.0 Å². The Balaban J connectivity index is 2.32. The van der Waals surface area contributed by atoms with Crippen LogP contribution in [-0.2, 0) is 14.8 Å². The fourth-order valence-electron chi connectivity index (χ4n) is 2.71. The number of benzene rings is 1. The molecule has 0 fully saturated rings. The van der Waals surface area contributed by atoms with Crippen LogP contribution in [0.1, 0.15) is 28.6 Å². The average Bonchev–Trinajstić information content (AvgIpc) is 3.18. The molecule has 0 saturated carbocycles. The number of amides is 1. The summed E-state index contributed by atoms with van der Waals surface area (Å²) in [5.41, 5.74) is -2.81. The molecule has 0 aliphatic rings. The van der Waals surface area contributed by atoms with Crippen molar-refractivity contribution in [3.63, 3.8) is 0 Å². The highest BCUT2D eigenvalue weighted by molar-refractivity contribution is 7.92. The molecule has 0 spiro atoms. The number of aliphatic hydroxyl groups excluding tert-OH is 3. The number of sulfonamides is 1. The summed E-state index contributed by atoms with van der Waals surface area (Å²) in [7, 11) is -2.23. The summed E-state index contributed by atoms with van der Waals surface area (Å²) < 4.78 is 29.6. The maximum absolute atomic E-state index is 12.7. The molecule has 31 heavy (non-hydrogen) atoms. The van der Waals surface area contributed by atoms with E-state index in [4.69, 9.17) is 4.74 Å². The molecule has 4 atom stereocenters. The van der Waals surface area contributed by atoms with Gasteiger partial charge in [0.2, 0.25) is 10.0 Å².